The summed E-state index contributed by atoms with van der Waals surface area (Å²) in [5.41, 5.74) is 4.97. The molecule has 0 atom stereocenters. The van der Waals surface area contributed by atoms with Crippen molar-refractivity contribution in [2.24, 2.45) is 0 Å². The molecule has 142 valence electrons. The van der Waals surface area contributed by atoms with Gasteiger partial charge in [0.25, 0.3) is 5.91 Å². The van der Waals surface area contributed by atoms with E-state index in [1.54, 1.807) is 4.52 Å². The molecule has 0 aliphatic rings. The summed E-state index contributed by atoms with van der Waals surface area (Å²) in [5, 5.41) is 7.68. The first-order valence-corrected chi connectivity index (χ1v) is 9.56. The fraction of sp³-hybridized carbons (Fsp3) is 0.409. The molecule has 5 nitrogen and oxygen atoms in total. The maximum absolute atomic E-state index is 12.8. The lowest BCUT2D eigenvalue weighted by molar-refractivity contribution is 0.0945. The Morgan fingerprint density at radius 1 is 1.15 bits per heavy atom. The Labute approximate surface area is 160 Å². The molecule has 0 fully saturated rings. The molecule has 5 heteroatoms. The first-order valence-electron chi connectivity index (χ1n) is 9.56. The number of rotatable bonds is 5. The van der Waals surface area contributed by atoms with Crippen LogP contribution in [0.1, 0.15) is 62.3 Å². The second kappa shape index (κ2) is 7.51. The third-order valence-electron chi connectivity index (χ3n) is 4.59. The van der Waals surface area contributed by atoms with Gasteiger partial charge in [-0.15, -0.1) is 0 Å². The number of nitrogens with one attached hydrogen (secondary N) is 1. The van der Waals surface area contributed by atoms with Crippen molar-refractivity contribution >= 4 is 11.6 Å². The number of nitrogens with zero attached hydrogens (tertiary/aromatic N) is 3. The number of benzene rings is 1. The van der Waals surface area contributed by atoms with Crippen LogP contribution in [0.5, 0.6) is 0 Å². The summed E-state index contributed by atoms with van der Waals surface area (Å²) in [7, 11) is 0. The van der Waals surface area contributed by atoms with Crippen LogP contribution in [0.25, 0.3) is 16.9 Å². The van der Waals surface area contributed by atoms with Crippen LogP contribution in [0.2, 0.25) is 0 Å². The zero-order chi connectivity index (χ0) is 19.6. The summed E-state index contributed by atoms with van der Waals surface area (Å²) >= 11 is 0. The highest BCUT2D eigenvalue weighted by molar-refractivity contribution is 5.94. The normalized spacial score (nSPS) is 11.7. The van der Waals surface area contributed by atoms with Crippen molar-refractivity contribution in [3.05, 3.63) is 53.3 Å². The molecule has 0 aliphatic heterocycles. The van der Waals surface area contributed by atoms with E-state index in [-0.39, 0.29) is 11.3 Å². The number of carbonyl (C=O) groups is 1. The van der Waals surface area contributed by atoms with E-state index in [0.29, 0.717) is 17.9 Å². The molecule has 2 aromatic heterocycles. The number of hydrogen-bond donors (Lipinski definition) is 1. The molecule has 3 aromatic rings. The van der Waals surface area contributed by atoms with E-state index in [1.807, 2.05) is 24.3 Å². The zero-order valence-electron chi connectivity index (χ0n) is 16.8. The largest absolute Gasteiger partial charge is 0.351 e. The van der Waals surface area contributed by atoms with Crippen LogP contribution in [-0.4, -0.2) is 27.0 Å². The Morgan fingerprint density at radius 2 is 1.85 bits per heavy atom. The van der Waals surface area contributed by atoms with Gasteiger partial charge in [-0.1, -0.05) is 63.9 Å². The van der Waals surface area contributed by atoms with Crippen LogP contribution in [-0.2, 0) is 5.41 Å². The van der Waals surface area contributed by atoms with Gasteiger partial charge < -0.3 is 5.32 Å². The molecule has 1 aromatic carbocycles. The van der Waals surface area contributed by atoms with Crippen molar-refractivity contribution in [1.82, 2.24) is 19.9 Å². The van der Waals surface area contributed by atoms with E-state index < -0.39 is 0 Å². The van der Waals surface area contributed by atoms with Crippen LogP contribution in [0.4, 0.5) is 0 Å². The first kappa shape index (κ1) is 19.1. The summed E-state index contributed by atoms with van der Waals surface area (Å²) in [6.45, 7) is 11.1. The van der Waals surface area contributed by atoms with Crippen LogP contribution >= 0.6 is 0 Å². The van der Waals surface area contributed by atoms with Gasteiger partial charge in [-0.3, -0.25) is 4.79 Å². The van der Waals surface area contributed by atoms with E-state index in [9.17, 15) is 4.79 Å². The second-order valence-electron chi connectivity index (χ2n) is 8.05. The van der Waals surface area contributed by atoms with Gasteiger partial charge in [-0.05, 0) is 19.4 Å². The number of amides is 1. The smallest absolute Gasteiger partial charge is 0.270 e. The van der Waals surface area contributed by atoms with E-state index in [4.69, 9.17) is 4.98 Å². The summed E-state index contributed by atoms with van der Waals surface area (Å²) in [6, 6.07) is 12.0. The third kappa shape index (κ3) is 4.18. The number of aryl methyl sites for hydroxylation is 1. The minimum absolute atomic E-state index is 0.117. The minimum atomic E-state index is -0.118. The predicted octanol–water partition coefficient (Wildman–Crippen LogP) is 4.53. The second-order valence-corrected chi connectivity index (χ2v) is 8.05. The number of aromatic nitrogens is 3. The molecule has 3 rings (SSSR count). The molecule has 27 heavy (non-hydrogen) atoms. The lowest BCUT2D eigenvalue weighted by Crippen LogP contribution is -2.27. The number of unbranched alkanes of at least 4 members (excludes halogenated alkanes) is 1. The molecular weight excluding hydrogens is 336 g/mol. The number of hydrogen-bond acceptors (Lipinski definition) is 3. The maximum atomic E-state index is 12.8. The highest BCUT2D eigenvalue weighted by atomic mass is 16.1. The lowest BCUT2D eigenvalue weighted by atomic mass is 9.93. The summed E-state index contributed by atoms with van der Waals surface area (Å²) in [5.74, 6) is -0.118. The molecule has 0 bridgehead atoms. The van der Waals surface area contributed by atoms with Crippen molar-refractivity contribution in [2.45, 2.75) is 52.9 Å². The van der Waals surface area contributed by atoms with Crippen molar-refractivity contribution in [3.63, 3.8) is 0 Å². The number of fused-ring (bicyclic) bond motifs is 1. The summed E-state index contributed by atoms with van der Waals surface area (Å²) in [4.78, 5) is 17.6. The fourth-order valence-corrected chi connectivity index (χ4v) is 2.84. The Bertz CT molecular complexity index is 949. The van der Waals surface area contributed by atoms with Gasteiger partial charge in [-0.2, -0.15) is 5.10 Å². The average Bonchev–Trinajstić information content (AvgIpc) is 3.06. The molecule has 0 unspecified atom stereocenters. The van der Waals surface area contributed by atoms with Crippen LogP contribution in [0, 0.1) is 6.92 Å². The molecule has 2 heterocycles. The van der Waals surface area contributed by atoms with Crippen LogP contribution in [0.3, 0.4) is 0 Å². The van der Waals surface area contributed by atoms with E-state index >= 15 is 0 Å². The SMILES string of the molecule is CCCCNC(=O)c1cc(-c2ccc(C)cc2)nc2cc(C(C)(C)C)nn12. The third-order valence-corrected chi connectivity index (χ3v) is 4.59. The van der Waals surface area contributed by atoms with Crippen molar-refractivity contribution < 1.29 is 4.79 Å². The van der Waals surface area contributed by atoms with Crippen LogP contribution in [0.15, 0.2) is 36.4 Å². The molecule has 0 spiro atoms. The average molecular weight is 364 g/mol. The van der Waals surface area contributed by atoms with Gasteiger partial charge in [0.2, 0.25) is 0 Å². The van der Waals surface area contributed by atoms with Crippen molar-refractivity contribution in [1.29, 1.82) is 0 Å². The fourth-order valence-electron chi connectivity index (χ4n) is 2.84. The Hall–Kier alpha value is -2.69. The first-order chi connectivity index (χ1) is 12.8. The molecule has 1 amide bonds. The number of carbonyl (C=O) groups excluding carboxylic acids is 1. The van der Waals surface area contributed by atoms with Crippen molar-refractivity contribution in [2.75, 3.05) is 6.54 Å². The predicted molar refractivity (Wildman–Crippen MR) is 109 cm³/mol. The molecule has 0 saturated carbocycles. The summed E-state index contributed by atoms with van der Waals surface area (Å²) in [6.07, 6.45) is 1.99. The molecule has 1 N–H and O–H groups in total. The molecule has 0 saturated heterocycles. The standard InChI is InChI=1S/C22H28N4O/c1-6-7-12-23-21(27)18-13-17(16-10-8-15(2)9-11-16)24-20-14-19(22(3,4)5)25-26(18)20/h8-11,13-14H,6-7,12H2,1-5H3,(H,23,27). The highest BCUT2D eigenvalue weighted by Gasteiger charge is 2.22. The van der Waals surface area contributed by atoms with E-state index in [0.717, 1.165) is 29.8 Å². The van der Waals surface area contributed by atoms with E-state index in [1.165, 1.54) is 5.56 Å². The van der Waals surface area contributed by atoms with E-state index in [2.05, 4.69) is 57.2 Å². The Morgan fingerprint density at radius 3 is 2.48 bits per heavy atom. The minimum Gasteiger partial charge on any atom is -0.351 e. The van der Waals surface area contributed by atoms with Gasteiger partial charge in [0.1, 0.15) is 5.69 Å². The molecular formula is C22H28N4O. The Balaban J connectivity index is 2.12. The van der Waals surface area contributed by atoms with Gasteiger partial charge in [0.05, 0.1) is 11.4 Å². The van der Waals surface area contributed by atoms with Gasteiger partial charge in [0, 0.05) is 23.6 Å². The molecule has 0 aliphatic carbocycles. The lowest BCUT2D eigenvalue weighted by Gasteiger charge is -2.13. The van der Waals surface area contributed by atoms with Crippen LogP contribution < -0.4 is 5.32 Å². The Kier molecular flexibility index (Phi) is 5.31. The zero-order valence-corrected chi connectivity index (χ0v) is 16.8. The van der Waals surface area contributed by atoms with Gasteiger partial charge in [0.15, 0.2) is 5.65 Å². The maximum Gasteiger partial charge on any atom is 0.270 e. The monoisotopic (exact) mass is 364 g/mol. The van der Waals surface area contributed by atoms with Gasteiger partial charge >= 0.3 is 0 Å². The highest BCUT2D eigenvalue weighted by Crippen LogP contribution is 2.25. The quantitative estimate of drug-likeness (QED) is 0.677. The van der Waals surface area contributed by atoms with Gasteiger partial charge in [-0.25, -0.2) is 9.50 Å². The topological polar surface area (TPSA) is 59.3 Å². The summed E-state index contributed by atoms with van der Waals surface area (Å²) < 4.78 is 1.67. The molecule has 0 radical (unpaired) electrons. The van der Waals surface area contributed by atoms with Crippen molar-refractivity contribution in [3.8, 4) is 11.3 Å².